The van der Waals surface area contributed by atoms with Gasteiger partial charge in [0.25, 0.3) is 0 Å². The molecular formula is C15H25ClN2O3. The highest BCUT2D eigenvalue weighted by atomic mass is 35.5. The normalized spacial score (nSPS) is 21.1. The molecule has 0 spiro atoms. The number of hydrogen-bond donors (Lipinski definition) is 1. The van der Waals surface area contributed by atoms with Crippen LogP contribution < -0.4 is 5.32 Å². The Morgan fingerprint density at radius 1 is 1.10 bits per heavy atom. The molecular weight excluding hydrogens is 292 g/mol. The van der Waals surface area contributed by atoms with E-state index in [0.29, 0.717) is 19.0 Å². The van der Waals surface area contributed by atoms with Crippen molar-refractivity contribution < 1.29 is 14.3 Å². The van der Waals surface area contributed by atoms with E-state index >= 15 is 0 Å². The van der Waals surface area contributed by atoms with Gasteiger partial charge in [-0.3, -0.25) is 4.79 Å². The van der Waals surface area contributed by atoms with E-state index in [9.17, 15) is 9.59 Å². The smallest absolute Gasteiger partial charge is 0.409 e. The number of carbonyl (C=O) groups is 2. The molecule has 2 rings (SSSR count). The van der Waals surface area contributed by atoms with Crippen LogP contribution in [-0.4, -0.2) is 48.5 Å². The van der Waals surface area contributed by atoms with Crippen molar-refractivity contribution in [3.63, 3.8) is 0 Å². The van der Waals surface area contributed by atoms with E-state index in [1.807, 2.05) is 0 Å². The van der Waals surface area contributed by atoms with Crippen molar-refractivity contribution in [1.29, 1.82) is 0 Å². The number of hydrogen-bond acceptors (Lipinski definition) is 3. The zero-order valence-electron chi connectivity index (χ0n) is 12.5. The molecule has 0 radical (unpaired) electrons. The van der Waals surface area contributed by atoms with Gasteiger partial charge >= 0.3 is 6.09 Å². The van der Waals surface area contributed by atoms with Crippen LogP contribution >= 0.6 is 11.6 Å². The molecule has 2 fully saturated rings. The molecule has 6 heteroatoms. The molecule has 0 atom stereocenters. The predicted octanol–water partition coefficient (Wildman–Crippen LogP) is 2.52. The number of ether oxygens (including phenoxy) is 1. The molecule has 0 aromatic rings. The van der Waals surface area contributed by atoms with E-state index in [1.54, 1.807) is 4.90 Å². The Labute approximate surface area is 131 Å². The minimum absolute atomic E-state index is 0.191. The Kier molecular flexibility index (Phi) is 6.61. The topological polar surface area (TPSA) is 58.6 Å². The number of halogens is 1. The van der Waals surface area contributed by atoms with E-state index in [2.05, 4.69) is 5.32 Å². The van der Waals surface area contributed by atoms with Gasteiger partial charge in [0.15, 0.2) is 0 Å². The van der Waals surface area contributed by atoms with E-state index in [1.165, 1.54) is 19.3 Å². The number of alkyl halides is 1. The van der Waals surface area contributed by atoms with Crippen LogP contribution in [0.4, 0.5) is 4.79 Å². The van der Waals surface area contributed by atoms with Crippen molar-refractivity contribution in [3.8, 4) is 0 Å². The van der Waals surface area contributed by atoms with Crippen LogP contribution in [0.2, 0.25) is 0 Å². The van der Waals surface area contributed by atoms with Crippen molar-refractivity contribution in [2.75, 3.05) is 25.6 Å². The van der Waals surface area contributed by atoms with Crippen LogP contribution in [0.25, 0.3) is 0 Å². The fraction of sp³-hybridized carbons (Fsp3) is 0.867. The number of carbonyl (C=O) groups excluding carboxylic acids is 2. The van der Waals surface area contributed by atoms with E-state index in [4.69, 9.17) is 16.3 Å². The zero-order chi connectivity index (χ0) is 15.1. The second-order valence-electron chi connectivity index (χ2n) is 5.91. The molecule has 1 saturated heterocycles. The lowest BCUT2D eigenvalue weighted by atomic mass is 9.88. The number of piperidine rings is 1. The molecule has 0 aromatic heterocycles. The predicted molar refractivity (Wildman–Crippen MR) is 81.4 cm³/mol. The fourth-order valence-corrected chi connectivity index (χ4v) is 3.18. The van der Waals surface area contributed by atoms with Gasteiger partial charge in [0.2, 0.25) is 5.91 Å². The van der Waals surface area contributed by atoms with Crippen LogP contribution in [0.5, 0.6) is 0 Å². The number of nitrogens with one attached hydrogen (secondary N) is 1. The van der Waals surface area contributed by atoms with Crippen molar-refractivity contribution in [1.82, 2.24) is 10.2 Å². The summed E-state index contributed by atoms with van der Waals surface area (Å²) >= 11 is 5.50. The molecule has 1 aliphatic heterocycles. The molecule has 1 aliphatic carbocycles. The van der Waals surface area contributed by atoms with Crippen LogP contribution in [0.3, 0.4) is 0 Å². The SMILES string of the molecule is O=C(NC1CCN(C(=O)OCCCl)CC1)C1CCCCC1. The van der Waals surface area contributed by atoms with Gasteiger partial charge in [-0.05, 0) is 25.7 Å². The maximum atomic E-state index is 12.2. The van der Waals surface area contributed by atoms with Crippen LogP contribution in [-0.2, 0) is 9.53 Å². The molecule has 1 N–H and O–H groups in total. The quantitative estimate of drug-likeness (QED) is 0.811. The van der Waals surface area contributed by atoms with Crippen LogP contribution in [0, 0.1) is 5.92 Å². The summed E-state index contributed by atoms with van der Waals surface area (Å²) in [5.41, 5.74) is 0. The molecule has 1 saturated carbocycles. The molecule has 21 heavy (non-hydrogen) atoms. The van der Waals surface area contributed by atoms with Crippen LogP contribution in [0.1, 0.15) is 44.9 Å². The summed E-state index contributed by atoms with van der Waals surface area (Å²) in [6.45, 7) is 1.52. The highest BCUT2D eigenvalue weighted by Crippen LogP contribution is 2.24. The van der Waals surface area contributed by atoms with Crippen LogP contribution in [0.15, 0.2) is 0 Å². The van der Waals surface area contributed by atoms with Crippen molar-refractivity contribution in [2.24, 2.45) is 5.92 Å². The summed E-state index contributed by atoms with van der Waals surface area (Å²) in [4.78, 5) is 25.6. The summed E-state index contributed by atoms with van der Waals surface area (Å²) in [6.07, 6.45) is 6.94. The Morgan fingerprint density at radius 3 is 2.38 bits per heavy atom. The first-order chi connectivity index (χ1) is 10.2. The van der Waals surface area contributed by atoms with Crippen molar-refractivity contribution in [2.45, 2.75) is 51.0 Å². The second kappa shape index (κ2) is 8.47. The minimum atomic E-state index is -0.298. The molecule has 0 unspecified atom stereocenters. The Bertz CT molecular complexity index is 351. The summed E-state index contributed by atoms with van der Waals surface area (Å²) in [6, 6.07) is 0.191. The number of nitrogens with zero attached hydrogens (tertiary/aromatic N) is 1. The first-order valence-corrected chi connectivity index (χ1v) is 8.52. The van der Waals surface area contributed by atoms with Gasteiger partial charge in [-0.2, -0.15) is 0 Å². The third kappa shape index (κ3) is 5.06. The fourth-order valence-electron chi connectivity index (χ4n) is 3.11. The lowest BCUT2D eigenvalue weighted by molar-refractivity contribution is -0.126. The van der Waals surface area contributed by atoms with E-state index in [0.717, 1.165) is 25.7 Å². The minimum Gasteiger partial charge on any atom is -0.448 e. The maximum Gasteiger partial charge on any atom is 0.409 e. The first kappa shape index (κ1) is 16.4. The van der Waals surface area contributed by atoms with Gasteiger partial charge in [0.05, 0.1) is 5.88 Å². The summed E-state index contributed by atoms with van der Waals surface area (Å²) in [5, 5.41) is 3.15. The number of amides is 2. The monoisotopic (exact) mass is 316 g/mol. The van der Waals surface area contributed by atoms with Gasteiger partial charge in [-0.15, -0.1) is 11.6 Å². The Morgan fingerprint density at radius 2 is 1.76 bits per heavy atom. The molecule has 5 nitrogen and oxygen atoms in total. The highest BCUT2D eigenvalue weighted by Gasteiger charge is 2.27. The third-order valence-electron chi connectivity index (χ3n) is 4.38. The standard InChI is InChI=1S/C15H25ClN2O3/c16-8-11-21-15(20)18-9-6-13(7-10-18)17-14(19)12-4-2-1-3-5-12/h12-13H,1-11H2,(H,17,19). The van der Waals surface area contributed by atoms with Crippen molar-refractivity contribution >= 4 is 23.6 Å². The molecule has 0 aromatic carbocycles. The summed E-state index contributed by atoms with van der Waals surface area (Å²) in [7, 11) is 0. The number of likely N-dealkylation sites (tertiary alicyclic amines) is 1. The molecule has 2 aliphatic rings. The first-order valence-electron chi connectivity index (χ1n) is 7.98. The second-order valence-corrected chi connectivity index (χ2v) is 6.29. The summed E-state index contributed by atoms with van der Waals surface area (Å²) < 4.78 is 5.01. The van der Waals surface area contributed by atoms with Gasteiger partial charge in [-0.25, -0.2) is 4.79 Å². The lowest BCUT2D eigenvalue weighted by Gasteiger charge is -2.32. The average molecular weight is 317 g/mol. The molecule has 120 valence electrons. The molecule has 0 bridgehead atoms. The van der Waals surface area contributed by atoms with E-state index in [-0.39, 0.29) is 30.6 Å². The number of rotatable bonds is 4. The van der Waals surface area contributed by atoms with Crippen molar-refractivity contribution in [3.05, 3.63) is 0 Å². The van der Waals surface area contributed by atoms with Gasteiger partial charge in [-0.1, -0.05) is 19.3 Å². The zero-order valence-corrected chi connectivity index (χ0v) is 13.2. The third-order valence-corrected chi connectivity index (χ3v) is 4.53. The largest absolute Gasteiger partial charge is 0.448 e. The highest BCUT2D eigenvalue weighted by molar-refractivity contribution is 6.18. The Hall–Kier alpha value is -0.970. The molecule has 1 heterocycles. The average Bonchev–Trinajstić information content (AvgIpc) is 2.54. The summed E-state index contributed by atoms with van der Waals surface area (Å²) in [5.74, 6) is 0.725. The van der Waals surface area contributed by atoms with E-state index < -0.39 is 0 Å². The maximum absolute atomic E-state index is 12.2. The van der Waals surface area contributed by atoms with Gasteiger partial charge in [0, 0.05) is 25.0 Å². The van der Waals surface area contributed by atoms with Gasteiger partial charge in [0.1, 0.15) is 6.61 Å². The van der Waals surface area contributed by atoms with Gasteiger partial charge < -0.3 is 15.0 Å². The molecule has 2 amide bonds. The lowest BCUT2D eigenvalue weighted by Crippen LogP contribution is -2.48. The Balaban J connectivity index is 1.68.